The first-order valence-electron chi connectivity index (χ1n) is 4.79. The Morgan fingerprint density at radius 2 is 1.35 bits per heavy atom. The van der Waals surface area contributed by atoms with Crippen LogP contribution in [0.3, 0.4) is 0 Å². The number of aliphatic hydroxyl groups excluding tert-OH is 1. The number of halogens is 6. The summed E-state index contributed by atoms with van der Waals surface area (Å²) in [5, 5.41) is 9.25. The maximum atomic E-state index is 12.1. The van der Waals surface area contributed by atoms with Crippen LogP contribution in [0.5, 0.6) is 0 Å². The van der Waals surface area contributed by atoms with Crippen molar-refractivity contribution in [3.8, 4) is 0 Å². The number of rotatable bonds is 4. The predicted molar refractivity (Wildman–Crippen MR) is 47.1 cm³/mol. The van der Waals surface area contributed by atoms with Crippen molar-refractivity contribution in [2.24, 2.45) is 5.41 Å². The maximum absolute atomic E-state index is 12.1. The van der Waals surface area contributed by atoms with E-state index in [1.165, 1.54) is 20.8 Å². The predicted octanol–water partition coefficient (Wildman–Crippen LogP) is 3.25. The molecule has 0 bridgehead atoms. The van der Waals surface area contributed by atoms with Crippen molar-refractivity contribution in [1.82, 2.24) is 0 Å². The molecule has 0 radical (unpaired) electrons. The Kier molecular flexibility index (Phi) is 4.86. The molecular weight excluding hydrogens is 254 g/mol. The van der Waals surface area contributed by atoms with Crippen molar-refractivity contribution >= 4 is 0 Å². The lowest BCUT2D eigenvalue weighted by molar-refractivity contribution is -0.359. The Bertz CT molecular complexity index is 231. The lowest BCUT2D eigenvalue weighted by Crippen LogP contribution is -2.49. The quantitative estimate of drug-likeness (QED) is 0.626. The van der Waals surface area contributed by atoms with Gasteiger partial charge in [-0.05, 0) is 6.42 Å². The van der Waals surface area contributed by atoms with Crippen molar-refractivity contribution in [1.29, 1.82) is 0 Å². The fraction of sp³-hybridized carbons (Fsp3) is 1.00. The van der Waals surface area contributed by atoms with E-state index in [-0.39, 0.29) is 6.42 Å². The fourth-order valence-corrected chi connectivity index (χ4v) is 0.828. The van der Waals surface area contributed by atoms with Crippen molar-refractivity contribution in [3.05, 3.63) is 0 Å². The van der Waals surface area contributed by atoms with Crippen LogP contribution in [0.25, 0.3) is 0 Å². The molecule has 2 nitrogen and oxygen atoms in total. The second kappa shape index (κ2) is 5.01. The molecule has 1 atom stereocenters. The molecule has 0 fully saturated rings. The van der Waals surface area contributed by atoms with E-state index >= 15 is 0 Å². The molecule has 0 aliphatic carbocycles. The Morgan fingerprint density at radius 3 is 1.59 bits per heavy atom. The van der Waals surface area contributed by atoms with Crippen molar-refractivity contribution in [3.63, 3.8) is 0 Å². The highest BCUT2D eigenvalue weighted by Gasteiger charge is 2.59. The largest absolute Gasteiger partial charge is 0.423 e. The van der Waals surface area contributed by atoms with Crippen LogP contribution in [0.1, 0.15) is 27.2 Å². The molecule has 0 rings (SSSR count). The Morgan fingerprint density at radius 1 is 1.00 bits per heavy atom. The zero-order valence-corrected chi connectivity index (χ0v) is 9.49. The number of hydrogen-bond acceptors (Lipinski definition) is 2. The summed E-state index contributed by atoms with van der Waals surface area (Å²) < 4.78 is 76.4. The smallest absolute Gasteiger partial charge is 0.367 e. The van der Waals surface area contributed by atoms with Crippen LogP contribution in [0, 0.1) is 5.41 Å². The Balaban J connectivity index is 4.92. The molecule has 0 saturated heterocycles. The van der Waals surface area contributed by atoms with Crippen LogP contribution in [0.15, 0.2) is 0 Å². The van der Waals surface area contributed by atoms with E-state index in [0.29, 0.717) is 0 Å². The van der Waals surface area contributed by atoms with Crippen LogP contribution >= 0.6 is 0 Å². The fourth-order valence-electron chi connectivity index (χ4n) is 0.828. The normalized spacial score (nSPS) is 16.4. The molecular formula is C9H14F6O2. The molecule has 0 aromatic heterocycles. The minimum Gasteiger partial charge on any atom is -0.367 e. The van der Waals surface area contributed by atoms with E-state index < -0.39 is 30.2 Å². The van der Waals surface area contributed by atoms with Crippen molar-refractivity contribution in [2.45, 2.75) is 51.9 Å². The zero-order chi connectivity index (χ0) is 14.1. The van der Waals surface area contributed by atoms with Crippen LogP contribution in [0.2, 0.25) is 0 Å². The first-order valence-corrected chi connectivity index (χ1v) is 4.79. The topological polar surface area (TPSA) is 29.5 Å². The van der Waals surface area contributed by atoms with E-state index in [9.17, 15) is 31.4 Å². The third-order valence-electron chi connectivity index (χ3n) is 2.44. The van der Waals surface area contributed by atoms with Crippen LogP contribution in [0.4, 0.5) is 26.3 Å². The van der Waals surface area contributed by atoms with Gasteiger partial charge in [0.2, 0.25) is 0 Å². The summed E-state index contributed by atoms with van der Waals surface area (Å²) in [5.74, 6) is 0. The lowest BCUT2D eigenvalue weighted by Gasteiger charge is -2.33. The molecule has 0 aliphatic heterocycles. The number of ether oxygens (including phenoxy) is 1. The summed E-state index contributed by atoms with van der Waals surface area (Å²) in [6.07, 6.45) is -17.2. The summed E-state index contributed by atoms with van der Waals surface area (Å²) in [6, 6.07) is 0. The summed E-state index contributed by atoms with van der Waals surface area (Å²) in [6.45, 7) is 4.13. The minimum absolute atomic E-state index is 0.163. The molecule has 1 N–H and O–H groups in total. The second-order valence-electron chi connectivity index (χ2n) is 4.29. The maximum Gasteiger partial charge on any atom is 0.423 e. The number of aliphatic hydroxyl groups is 1. The number of alkyl halides is 6. The van der Waals surface area contributed by atoms with E-state index in [2.05, 4.69) is 4.74 Å². The lowest BCUT2D eigenvalue weighted by atomic mass is 9.89. The molecule has 0 spiro atoms. The van der Waals surface area contributed by atoms with Gasteiger partial charge in [0.05, 0.1) is 0 Å². The molecule has 0 aromatic rings. The minimum atomic E-state index is -5.61. The molecule has 0 saturated carbocycles. The molecule has 0 aromatic carbocycles. The summed E-state index contributed by atoms with van der Waals surface area (Å²) in [4.78, 5) is 0. The first kappa shape index (κ1) is 16.5. The Labute approximate surface area is 94.6 Å². The third kappa shape index (κ3) is 4.71. The summed E-state index contributed by atoms with van der Waals surface area (Å²) in [7, 11) is 0. The van der Waals surface area contributed by atoms with Crippen molar-refractivity contribution < 1.29 is 36.2 Å². The standard InChI is InChI=1S/C9H14F6O2/c1-4-7(2,3)6(16)17-5(8(10,11)12)9(13,14)15/h5-6,16H,4H2,1-3H3. The van der Waals surface area contributed by atoms with Crippen LogP contribution in [-0.4, -0.2) is 29.9 Å². The van der Waals surface area contributed by atoms with Gasteiger partial charge >= 0.3 is 12.4 Å². The van der Waals surface area contributed by atoms with Gasteiger partial charge in [0, 0.05) is 5.41 Å². The average Bonchev–Trinajstić information content (AvgIpc) is 2.09. The first-order chi connectivity index (χ1) is 7.32. The SMILES string of the molecule is CCC(C)(C)C(O)OC(C(F)(F)F)C(F)(F)F. The van der Waals surface area contributed by atoms with Gasteiger partial charge in [0.1, 0.15) is 0 Å². The van der Waals surface area contributed by atoms with Gasteiger partial charge in [-0.3, -0.25) is 0 Å². The van der Waals surface area contributed by atoms with Gasteiger partial charge < -0.3 is 9.84 Å². The van der Waals surface area contributed by atoms with Gasteiger partial charge in [-0.2, -0.15) is 26.3 Å². The summed E-state index contributed by atoms with van der Waals surface area (Å²) >= 11 is 0. The molecule has 8 heteroatoms. The van der Waals surface area contributed by atoms with Crippen LogP contribution < -0.4 is 0 Å². The van der Waals surface area contributed by atoms with Crippen LogP contribution in [-0.2, 0) is 4.74 Å². The van der Waals surface area contributed by atoms with Gasteiger partial charge in [-0.25, -0.2) is 0 Å². The zero-order valence-electron chi connectivity index (χ0n) is 9.49. The van der Waals surface area contributed by atoms with Crippen molar-refractivity contribution in [2.75, 3.05) is 0 Å². The van der Waals surface area contributed by atoms with Gasteiger partial charge in [0.25, 0.3) is 6.10 Å². The Hall–Kier alpha value is -0.500. The number of hydrogen-bond donors (Lipinski definition) is 1. The molecule has 0 heterocycles. The van der Waals surface area contributed by atoms with Gasteiger partial charge in [0.15, 0.2) is 6.29 Å². The van der Waals surface area contributed by atoms with E-state index in [1.54, 1.807) is 0 Å². The molecule has 1 unspecified atom stereocenters. The highest BCUT2D eigenvalue weighted by Crippen LogP contribution is 2.38. The highest BCUT2D eigenvalue weighted by atomic mass is 19.4. The monoisotopic (exact) mass is 268 g/mol. The molecule has 0 aliphatic rings. The average molecular weight is 268 g/mol. The molecule has 104 valence electrons. The van der Waals surface area contributed by atoms with Gasteiger partial charge in [-0.1, -0.05) is 20.8 Å². The van der Waals surface area contributed by atoms with E-state index in [1.807, 2.05) is 0 Å². The second-order valence-corrected chi connectivity index (χ2v) is 4.29. The summed E-state index contributed by atoms with van der Waals surface area (Å²) in [5.41, 5.74) is -1.20. The van der Waals surface area contributed by atoms with Gasteiger partial charge in [-0.15, -0.1) is 0 Å². The molecule has 0 amide bonds. The molecule has 17 heavy (non-hydrogen) atoms. The third-order valence-corrected chi connectivity index (χ3v) is 2.44. The van der Waals surface area contributed by atoms with E-state index in [0.717, 1.165) is 0 Å². The van der Waals surface area contributed by atoms with E-state index in [4.69, 9.17) is 0 Å². The highest BCUT2D eigenvalue weighted by molar-refractivity contribution is 4.79.